The van der Waals surface area contributed by atoms with E-state index < -0.39 is 5.79 Å². The van der Waals surface area contributed by atoms with Crippen LogP contribution in [0.3, 0.4) is 0 Å². The predicted octanol–water partition coefficient (Wildman–Crippen LogP) is 4.72. The quantitative estimate of drug-likeness (QED) is 0.446. The first-order valence-corrected chi connectivity index (χ1v) is 12.1. The highest BCUT2D eigenvalue weighted by atomic mass is 15.4. The molecule has 2 aliphatic heterocycles. The van der Waals surface area contributed by atoms with E-state index in [0.29, 0.717) is 0 Å². The van der Waals surface area contributed by atoms with Gasteiger partial charge in [0.05, 0.1) is 0 Å². The summed E-state index contributed by atoms with van der Waals surface area (Å²) in [6.45, 7) is 4.24. The molecule has 0 aliphatic carbocycles. The number of hydrogen-bond acceptors (Lipinski definition) is 5. The van der Waals surface area contributed by atoms with Crippen molar-refractivity contribution in [1.82, 2.24) is 20.5 Å². The van der Waals surface area contributed by atoms with Gasteiger partial charge in [0, 0.05) is 48.4 Å². The number of nitrogens with one attached hydrogen (secondary N) is 4. The molecule has 4 N–H and O–H groups in total. The van der Waals surface area contributed by atoms with E-state index in [1.807, 2.05) is 7.05 Å². The summed E-state index contributed by atoms with van der Waals surface area (Å²) in [5.41, 5.74) is 4.83. The van der Waals surface area contributed by atoms with E-state index in [1.165, 1.54) is 41.3 Å². The van der Waals surface area contributed by atoms with Crippen LogP contribution in [-0.4, -0.2) is 41.6 Å². The lowest BCUT2D eigenvalue weighted by molar-refractivity contribution is 0.273. The standard InChI is InChI=1S/C27H34N6/c1-20-10-12-22(13-11-20)30-25-18-26(33-16-6-3-7-17-33)32-27(28-2,31-25)15-14-21-19-29-24-9-5-4-8-23(21)24/h4-5,8-13,18-19,28-31H,3,6-7,14-17H2,1-2H3. The van der Waals surface area contributed by atoms with Crippen LogP contribution in [0.1, 0.15) is 36.8 Å². The summed E-state index contributed by atoms with van der Waals surface area (Å²) in [6, 6.07) is 17.0. The van der Waals surface area contributed by atoms with Crippen LogP contribution in [0.2, 0.25) is 0 Å². The molecule has 172 valence electrons. The van der Waals surface area contributed by atoms with E-state index in [4.69, 9.17) is 4.99 Å². The number of fused-ring (bicyclic) bond motifs is 1. The van der Waals surface area contributed by atoms with Crippen LogP contribution in [0.15, 0.2) is 71.6 Å². The molecule has 5 rings (SSSR count). The molecule has 0 bridgehead atoms. The fraction of sp³-hybridized carbons (Fsp3) is 0.370. The molecular formula is C27H34N6. The Labute approximate surface area is 196 Å². The van der Waals surface area contributed by atoms with Crippen LogP contribution in [0.4, 0.5) is 5.69 Å². The van der Waals surface area contributed by atoms with E-state index in [0.717, 1.165) is 43.3 Å². The van der Waals surface area contributed by atoms with Crippen LogP contribution >= 0.6 is 0 Å². The second kappa shape index (κ2) is 9.32. The molecule has 0 saturated carbocycles. The number of H-pyrrole nitrogens is 1. The number of para-hydroxylation sites is 1. The summed E-state index contributed by atoms with van der Waals surface area (Å²) in [4.78, 5) is 11.1. The summed E-state index contributed by atoms with van der Waals surface area (Å²) in [5, 5.41) is 12.1. The van der Waals surface area contributed by atoms with Crippen LogP contribution < -0.4 is 16.0 Å². The number of rotatable bonds is 6. The number of aromatic nitrogens is 1. The van der Waals surface area contributed by atoms with Gasteiger partial charge < -0.3 is 20.5 Å². The van der Waals surface area contributed by atoms with Crippen molar-refractivity contribution in [1.29, 1.82) is 0 Å². The van der Waals surface area contributed by atoms with Crippen molar-refractivity contribution in [2.75, 3.05) is 25.5 Å². The highest BCUT2D eigenvalue weighted by Crippen LogP contribution is 2.25. The van der Waals surface area contributed by atoms with Gasteiger partial charge in [0.25, 0.3) is 0 Å². The maximum atomic E-state index is 5.23. The molecule has 1 unspecified atom stereocenters. The number of piperidine rings is 1. The van der Waals surface area contributed by atoms with Crippen molar-refractivity contribution >= 4 is 22.4 Å². The van der Waals surface area contributed by atoms with Gasteiger partial charge >= 0.3 is 0 Å². The number of likely N-dealkylation sites (tertiary alicyclic amines) is 1. The first-order valence-electron chi connectivity index (χ1n) is 12.1. The smallest absolute Gasteiger partial charge is 0.188 e. The zero-order valence-electron chi connectivity index (χ0n) is 19.6. The SMILES string of the molecule is CNC1(CCc2c[nH]c3ccccc23)N=C(N2CCCCC2)C=C(Nc2ccc(C)cc2)N1. The number of aromatic amines is 1. The Morgan fingerprint density at radius 3 is 2.61 bits per heavy atom. The monoisotopic (exact) mass is 442 g/mol. The molecule has 3 aromatic rings. The molecule has 2 aliphatic rings. The van der Waals surface area contributed by atoms with Crippen molar-refractivity contribution in [3.05, 3.63) is 77.8 Å². The Hall–Kier alpha value is -3.25. The molecule has 1 atom stereocenters. The summed E-state index contributed by atoms with van der Waals surface area (Å²) in [7, 11) is 1.99. The number of aliphatic imine (C=N–C) groups is 1. The number of benzene rings is 2. The van der Waals surface area contributed by atoms with Crippen LogP contribution in [0, 0.1) is 6.92 Å². The van der Waals surface area contributed by atoms with Crippen LogP contribution in [0.25, 0.3) is 10.9 Å². The Kier molecular flexibility index (Phi) is 6.09. The molecule has 6 nitrogen and oxygen atoms in total. The van der Waals surface area contributed by atoms with Crippen LogP contribution in [0.5, 0.6) is 0 Å². The number of amidine groups is 1. The highest BCUT2D eigenvalue weighted by Gasteiger charge is 2.33. The maximum Gasteiger partial charge on any atom is 0.188 e. The molecule has 6 heteroatoms. The molecule has 1 saturated heterocycles. The molecular weight excluding hydrogens is 408 g/mol. The molecule has 2 aromatic carbocycles. The Morgan fingerprint density at radius 2 is 1.82 bits per heavy atom. The van der Waals surface area contributed by atoms with E-state index in [-0.39, 0.29) is 0 Å². The van der Waals surface area contributed by atoms with Gasteiger partial charge in [-0.3, -0.25) is 5.32 Å². The van der Waals surface area contributed by atoms with Gasteiger partial charge in [-0.05, 0) is 63.4 Å². The summed E-state index contributed by atoms with van der Waals surface area (Å²) < 4.78 is 0. The van der Waals surface area contributed by atoms with Gasteiger partial charge in [-0.1, -0.05) is 35.9 Å². The molecule has 33 heavy (non-hydrogen) atoms. The lowest BCUT2D eigenvalue weighted by atomic mass is 10.0. The van der Waals surface area contributed by atoms with Crippen molar-refractivity contribution in [2.24, 2.45) is 4.99 Å². The third kappa shape index (κ3) is 4.76. The predicted molar refractivity (Wildman–Crippen MR) is 137 cm³/mol. The largest absolute Gasteiger partial charge is 0.361 e. The van der Waals surface area contributed by atoms with Gasteiger partial charge in [0.1, 0.15) is 11.7 Å². The van der Waals surface area contributed by atoms with E-state index >= 15 is 0 Å². The summed E-state index contributed by atoms with van der Waals surface area (Å²) in [6.07, 6.45) is 9.78. The number of hydrogen-bond donors (Lipinski definition) is 4. The first-order chi connectivity index (χ1) is 16.1. The average Bonchev–Trinajstić information content (AvgIpc) is 3.28. The lowest BCUT2D eigenvalue weighted by Gasteiger charge is -2.39. The lowest BCUT2D eigenvalue weighted by Crippen LogP contribution is -2.58. The number of nitrogens with zero attached hydrogens (tertiary/aromatic N) is 2. The molecule has 1 fully saturated rings. The fourth-order valence-corrected chi connectivity index (χ4v) is 4.80. The molecule has 0 spiro atoms. The first kappa shape index (κ1) is 21.6. The third-order valence-corrected chi connectivity index (χ3v) is 6.78. The van der Waals surface area contributed by atoms with Crippen molar-refractivity contribution in [3.63, 3.8) is 0 Å². The third-order valence-electron chi connectivity index (χ3n) is 6.78. The molecule has 0 amide bonds. The van der Waals surface area contributed by atoms with Gasteiger partial charge in [-0.15, -0.1) is 0 Å². The topological polar surface area (TPSA) is 67.5 Å². The van der Waals surface area contributed by atoms with E-state index in [9.17, 15) is 0 Å². The van der Waals surface area contributed by atoms with Crippen molar-refractivity contribution in [3.8, 4) is 0 Å². The second-order valence-electron chi connectivity index (χ2n) is 9.16. The Morgan fingerprint density at radius 1 is 1.03 bits per heavy atom. The van der Waals surface area contributed by atoms with Crippen molar-refractivity contribution in [2.45, 2.75) is 44.8 Å². The summed E-state index contributed by atoms with van der Waals surface area (Å²) >= 11 is 0. The average molecular weight is 443 g/mol. The number of aryl methyl sites for hydroxylation is 2. The Bertz CT molecular complexity index is 1150. The summed E-state index contributed by atoms with van der Waals surface area (Å²) in [5.74, 6) is 1.45. The van der Waals surface area contributed by atoms with Gasteiger partial charge in [0.15, 0.2) is 5.79 Å². The molecule has 0 radical (unpaired) electrons. The minimum absolute atomic E-state index is 0.576. The fourth-order valence-electron chi connectivity index (χ4n) is 4.80. The normalized spacial score (nSPS) is 20.8. The van der Waals surface area contributed by atoms with Crippen LogP contribution in [-0.2, 0) is 6.42 Å². The molecule has 1 aromatic heterocycles. The highest BCUT2D eigenvalue weighted by molar-refractivity contribution is 5.95. The zero-order valence-corrected chi connectivity index (χ0v) is 19.6. The Balaban J connectivity index is 1.42. The van der Waals surface area contributed by atoms with E-state index in [2.05, 4.69) is 93.6 Å². The minimum Gasteiger partial charge on any atom is -0.361 e. The second-order valence-corrected chi connectivity index (χ2v) is 9.16. The zero-order chi connectivity index (χ0) is 22.7. The van der Waals surface area contributed by atoms with Gasteiger partial charge in [0.2, 0.25) is 0 Å². The van der Waals surface area contributed by atoms with Gasteiger partial charge in [-0.2, -0.15) is 0 Å². The minimum atomic E-state index is -0.576. The number of anilines is 1. The maximum absolute atomic E-state index is 5.23. The van der Waals surface area contributed by atoms with Gasteiger partial charge in [-0.25, -0.2) is 4.99 Å². The van der Waals surface area contributed by atoms with Crippen molar-refractivity contribution < 1.29 is 0 Å². The van der Waals surface area contributed by atoms with E-state index in [1.54, 1.807) is 0 Å². The molecule has 3 heterocycles.